The van der Waals surface area contributed by atoms with Crippen LogP contribution < -0.4 is 0 Å². The summed E-state index contributed by atoms with van der Waals surface area (Å²) in [7, 11) is 0. The van der Waals surface area contributed by atoms with Crippen LogP contribution in [0.5, 0.6) is 0 Å². The molecule has 0 radical (unpaired) electrons. The summed E-state index contributed by atoms with van der Waals surface area (Å²) in [6.45, 7) is 22.9. The first-order valence-electron chi connectivity index (χ1n) is 9.24. The van der Waals surface area contributed by atoms with Crippen LogP contribution in [0.2, 0.25) is 0 Å². The third-order valence-electron chi connectivity index (χ3n) is 4.81. The van der Waals surface area contributed by atoms with Gasteiger partial charge >= 0.3 is 0 Å². The van der Waals surface area contributed by atoms with E-state index in [4.69, 9.17) is 4.74 Å². The molecule has 1 aliphatic rings. The summed E-state index contributed by atoms with van der Waals surface area (Å²) in [6, 6.07) is 0. The molecular weight excluding hydrogens is 272 g/mol. The molecule has 0 aromatic heterocycles. The zero-order valence-corrected chi connectivity index (χ0v) is 16.1. The van der Waals surface area contributed by atoms with E-state index >= 15 is 0 Å². The number of nitrogens with zero attached hydrogens (tertiary/aromatic N) is 2. The second-order valence-electron chi connectivity index (χ2n) is 8.91. The lowest BCUT2D eigenvalue weighted by Crippen LogP contribution is -2.49. The van der Waals surface area contributed by atoms with Gasteiger partial charge < -0.3 is 9.64 Å². The van der Waals surface area contributed by atoms with E-state index in [-0.39, 0.29) is 0 Å². The standard InChI is InChI=1S/C19H40N2O/c1-7-19(5,6)9-8-15-22-16-14-20-10-12-21(13-11-20)17-18(2,3)4/h7-17H2,1-6H3. The highest BCUT2D eigenvalue weighted by molar-refractivity contribution is 4.76. The molecule has 1 aliphatic heterocycles. The Bertz CT molecular complexity index is 288. The van der Waals surface area contributed by atoms with E-state index in [1.807, 2.05) is 0 Å². The van der Waals surface area contributed by atoms with Crippen LogP contribution in [-0.4, -0.2) is 62.3 Å². The predicted octanol–water partition coefficient (Wildman–Crippen LogP) is 3.88. The molecule has 0 amide bonds. The number of rotatable bonds is 9. The van der Waals surface area contributed by atoms with Crippen molar-refractivity contribution in [1.82, 2.24) is 9.80 Å². The van der Waals surface area contributed by atoms with Crippen molar-refractivity contribution < 1.29 is 4.74 Å². The van der Waals surface area contributed by atoms with Crippen LogP contribution in [0.1, 0.15) is 60.8 Å². The minimum Gasteiger partial charge on any atom is -0.380 e. The van der Waals surface area contributed by atoms with Crippen molar-refractivity contribution >= 4 is 0 Å². The minimum atomic E-state index is 0.414. The van der Waals surface area contributed by atoms with Gasteiger partial charge in [0.15, 0.2) is 0 Å². The highest BCUT2D eigenvalue weighted by Gasteiger charge is 2.21. The van der Waals surface area contributed by atoms with E-state index in [2.05, 4.69) is 51.3 Å². The van der Waals surface area contributed by atoms with Gasteiger partial charge in [-0.05, 0) is 23.7 Å². The fraction of sp³-hybridized carbons (Fsp3) is 1.00. The molecule has 1 saturated heterocycles. The van der Waals surface area contributed by atoms with Crippen molar-refractivity contribution in [2.45, 2.75) is 60.8 Å². The highest BCUT2D eigenvalue weighted by atomic mass is 16.5. The first-order chi connectivity index (χ1) is 10.2. The second-order valence-corrected chi connectivity index (χ2v) is 8.91. The van der Waals surface area contributed by atoms with E-state index in [0.717, 1.165) is 19.8 Å². The molecule has 3 nitrogen and oxygen atoms in total. The lowest BCUT2D eigenvalue weighted by molar-refractivity contribution is 0.0616. The first-order valence-corrected chi connectivity index (χ1v) is 9.24. The van der Waals surface area contributed by atoms with Gasteiger partial charge in [-0.25, -0.2) is 0 Å². The van der Waals surface area contributed by atoms with Crippen molar-refractivity contribution in [3.8, 4) is 0 Å². The van der Waals surface area contributed by atoms with Gasteiger partial charge in [-0.15, -0.1) is 0 Å². The summed E-state index contributed by atoms with van der Waals surface area (Å²) in [4.78, 5) is 5.15. The van der Waals surface area contributed by atoms with Crippen molar-refractivity contribution in [3.63, 3.8) is 0 Å². The molecule has 1 rings (SSSR count). The molecule has 1 heterocycles. The fourth-order valence-electron chi connectivity index (χ4n) is 2.97. The fourth-order valence-corrected chi connectivity index (χ4v) is 2.97. The molecule has 0 N–H and O–H groups in total. The molecule has 0 spiro atoms. The van der Waals surface area contributed by atoms with Gasteiger partial charge in [0.05, 0.1) is 6.61 Å². The lowest BCUT2D eigenvalue weighted by atomic mass is 9.85. The molecular formula is C19H40N2O. The molecule has 3 heteroatoms. The largest absolute Gasteiger partial charge is 0.380 e. The Kier molecular flexibility index (Phi) is 8.37. The zero-order chi connectivity index (χ0) is 16.6. The maximum atomic E-state index is 5.83. The second kappa shape index (κ2) is 9.24. The Hall–Kier alpha value is -0.120. The first kappa shape index (κ1) is 19.9. The Balaban J connectivity index is 2.01. The highest BCUT2D eigenvalue weighted by Crippen LogP contribution is 2.25. The molecule has 0 aromatic rings. The van der Waals surface area contributed by atoms with Crippen LogP contribution >= 0.6 is 0 Å². The number of hydrogen-bond donors (Lipinski definition) is 0. The van der Waals surface area contributed by atoms with Gasteiger partial charge in [0.2, 0.25) is 0 Å². The minimum absolute atomic E-state index is 0.414. The van der Waals surface area contributed by atoms with E-state index in [9.17, 15) is 0 Å². The van der Waals surface area contributed by atoms with Gasteiger partial charge in [0.25, 0.3) is 0 Å². The Morgan fingerprint density at radius 1 is 0.864 bits per heavy atom. The molecule has 0 bridgehead atoms. The Morgan fingerprint density at radius 2 is 1.45 bits per heavy atom. The van der Waals surface area contributed by atoms with Crippen LogP contribution in [0.4, 0.5) is 0 Å². The van der Waals surface area contributed by atoms with Gasteiger partial charge in [-0.1, -0.05) is 48.0 Å². The topological polar surface area (TPSA) is 15.7 Å². The summed E-state index contributed by atoms with van der Waals surface area (Å²) < 4.78 is 5.83. The average Bonchev–Trinajstić information content (AvgIpc) is 2.43. The molecule has 0 atom stereocenters. The third-order valence-corrected chi connectivity index (χ3v) is 4.81. The maximum absolute atomic E-state index is 5.83. The van der Waals surface area contributed by atoms with E-state index in [0.29, 0.717) is 10.8 Å². The third kappa shape index (κ3) is 9.12. The zero-order valence-electron chi connectivity index (χ0n) is 16.1. The summed E-state index contributed by atoms with van der Waals surface area (Å²) in [5.74, 6) is 0. The van der Waals surface area contributed by atoms with E-state index < -0.39 is 0 Å². The molecule has 0 aliphatic carbocycles. The van der Waals surface area contributed by atoms with Gasteiger partial charge in [-0.2, -0.15) is 0 Å². The van der Waals surface area contributed by atoms with E-state index in [1.165, 1.54) is 52.0 Å². The summed E-state index contributed by atoms with van der Waals surface area (Å²) >= 11 is 0. The lowest BCUT2D eigenvalue weighted by Gasteiger charge is -2.37. The summed E-state index contributed by atoms with van der Waals surface area (Å²) in [5.41, 5.74) is 0.893. The van der Waals surface area contributed by atoms with Crippen molar-refractivity contribution in [3.05, 3.63) is 0 Å². The number of ether oxygens (including phenoxy) is 1. The normalized spacial score (nSPS) is 18.8. The van der Waals surface area contributed by atoms with Crippen molar-refractivity contribution in [2.75, 3.05) is 52.5 Å². The predicted molar refractivity (Wildman–Crippen MR) is 96.5 cm³/mol. The van der Waals surface area contributed by atoms with Crippen LogP contribution in [0.15, 0.2) is 0 Å². The monoisotopic (exact) mass is 312 g/mol. The summed E-state index contributed by atoms with van der Waals surface area (Å²) in [6.07, 6.45) is 3.72. The molecule has 0 unspecified atom stereocenters. The van der Waals surface area contributed by atoms with Crippen molar-refractivity contribution in [1.29, 1.82) is 0 Å². The van der Waals surface area contributed by atoms with Gasteiger partial charge in [0, 0.05) is 45.9 Å². The Morgan fingerprint density at radius 3 is 2.00 bits per heavy atom. The molecule has 132 valence electrons. The van der Waals surface area contributed by atoms with E-state index in [1.54, 1.807) is 0 Å². The average molecular weight is 313 g/mol. The summed E-state index contributed by atoms with van der Waals surface area (Å²) in [5, 5.41) is 0. The number of piperazine rings is 1. The molecule has 0 aromatic carbocycles. The molecule has 1 fully saturated rings. The van der Waals surface area contributed by atoms with Crippen LogP contribution in [0.3, 0.4) is 0 Å². The smallest absolute Gasteiger partial charge is 0.0593 e. The SMILES string of the molecule is CCC(C)(C)CCCOCCN1CCN(CC(C)(C)C)CC1. The van der Waals surface area contributed by atoms with Gasteiger partial charge in [-0.3, -0.25) is 4.90 Å². The molecule has 0 saturated carbocycles. The Labute approximate surface area is 139 Å². The quantitative estimate of drug-likeness (QED) is 0.601. The number of hydrogen-bond acceptors (Lipinski definition) is 3. The van der Waals surface area contributed by atoms with Crippen molar-refractivity contribution in [2.24, 2.45) is 10.8 Å². The van der Waals surface area contributed by atoms with Crippen LogP contribution in [-0.2, 0) is 4.74 Å². The van der Waals surface area contributed by atoms with Gasteiger partial charge in [0.1, 0.15) is 0 Å². The molecule has 22 heavy (non-hydrogen) atoms. The van der Waals surface area contributed by atoms with Crippen LogP contribution in [0.25, 0.3) is 0 Å². The maximum Gasteiger partial charge on any atom is 0.0593 e. The van der Waals surface area contributed by atoms with Crippen LogP contribution in [0, 0.1) is 10.8 Å².